The van der Waals surface area contributed by atoms with Gasteiger partial charge in [0.15, 0.2) is 6.23 Å². The molecule has 2 aromatic heterocycles. The molecule has 0 spiro atoms. The van der Waals surface area contributed by atoms with Crippen molar-refractivity contribution in [3.8, 4) is 0 Å². The minimum atomic E-state index is -4.74. The van der Waals surface area contributed by atoms with Crippen molar-refractivity contribution in [1.29, 1.82) is 0 Å². The summed E-state index contributed by atoms with van der Waals surface area (Å²) in [7, 11) is 2.00. The fourth-order valence-electron chi connectivity index (χ4n) is 4.17. The Bertz CT molecular complexity index is 1410. The molecule has 2 aromatic rings. The Morgan fingerprint density at radius 2 is 1.70 bits per heavy atom. The summed E-state index contributed by atoms with van der Waals surface area (Å²) in [5.74, 6) is 0. The monoisotopic (exact) mass is 715 g/mol. The van der Waals surface area contributed by atoms with Crippen molar-refractivity contribution < 1.29 is 52.5 Å². The molecule has 258 valence electrons. The number of aliphatic hydroxyl groups excluding tert-OH is 3. The van der Waals surface area contributed by atoms with E-state index in [2.05, 4.69) is 4.98 Å². The van der Waals surface area contributed by atoms with E-state index in [4.69, 9.17) is 29.1 Å². The highest BCUT2D eigenvalue weighted by molar-refractivity contribution is 7.16. The highest BCUT2D eigenvalue weighted by atomic mass is 31.1. The van der Waals surface area contributed by atoms with Crippen LogP contribution in [0.5, 0.6) is 0 Å². The second-order valence-corrected chi connectivity index (χ2v) is 9.27. The van der Waals surface area contributed by atoms with Gasteiger partial charge in [0.1, 0.15) is 17.9 Å². The van der Waals surface area contributed by atoms with Crippen LogP contribution in [0, 0.1) is 0 Å². The van der Waals surface area contributed by atoms with Gasteiger partial charge in [0.25, 0.3) is 5.56 Å². The van der Waals surface area contributed by atoms with Gasteiger partial charge in [-0.1, -0.05) is 30.4 Å². The van der Waals surface area contributed by atoms with Crippen LogP contribution >= 0.6 is 27.6 Å². The molecule has 0 bridgehead atoms. The number of aromatic nitrogens is 3. The van der Waals surface area contributed by atoms with Crippen LogP contribution in [0.2, 0.25) is 0 Å². The number of alkyl halides is 3. The normalized spacial score (nSPS) is 20.2. The van der Waals surface area contributed by atoms with Gasteiger partial charge in [0.2, 0.25) is 0 Å². The third kappa shape index (κ3) is 13.0. The SMILES string of the molecule is C/C=C\C.O=PO.O=c1ccn(C2OC(CCO)C(O)C2O)c(=O)n1Cc1cc(C2=CCCC=C2)cc(C(F)(F)F)n1.OP.OP. The molecule has 13 nitrogen and oxygen atoms in total. The molecule has 3 heterocycles. The lowest BCUT2D eigenvalue weighted by atomic mass is 9.99. The third-order valence-electron chi connectivity index (χ3n) is 6.27. The minimum absolute atomic E-state index is 0.00431. The molecular weight excluding hydrogens is 676 g/mol. The van der Waals surface area contributed by atoms with Crippen LogP contribution in [0.15, 0.2) is 64.4 Å². The zero-order valence-corrected chi connectivity index (χ0v) is 28.1. The van der Waals surface area contributed by atoms with Gasteiger partial charge in [-0.3, -0.25) is 13.9 Å². The average molecular weight is 716 g/mol. The molecule has 0 aromatic carbocycles. The molecule has 6 unspecified atom stereocenters. The summed E-state index contributed by atoms with van der Waals surface area (Å²) >= 11 is 0. The number of rotatable bonds is 6. The molecule has 46 heavy (non-hydrogen) atoms. The number of aliphatic hydroxyl groups is 3. The van der Waals surface area contributed by atoms with Crippen LogP contribution in [0.1, 0.15) is 56.3 Å². The fourth-order valence-corrected chi connectivity index (χ4v) is 4.17. The zero-order chi connectivity index (χ0) is 35.4. The molecule has 0 radical (unpaired) electrons. The highest BCUT2D eigenvalue weighted by Crippen LogP contribution is 2.32. The first-order valence-corrected chi connectivity index (χ1v) is 15.2. The van der Waals surface area contributed by atoms with Gasteiger partial charge in [0, 0.05) is 18.9 Å². The lowest BCUT2D eigenvalue weighted by Gasteiger charge is -2.19. The topological polar surface area (TPSA) is 205 Å². The molecule has 0 saturated carbocycles. The van der Waals surface area contributed by atoms with Crippen LogP contribution in [0.4, 0.5) is 13.2 Å². The highest BCUT2D eigenvalue weighted by Gasteiger charge is 2.43. The molecule has 1 aliphatic heterocycles. The van der Waals surface area contributed by atoms with Crippen molar-refractivity contribution in [2.24, 2.45) is 0 Å². The predicted octanol–water partition coefficient (Wildman–Crippen LogP) is 2.51. The predicted molar refractivity (Wildman–Crippen MR) is 171 cm³/mol. The van der Waals surface area contributed by atoms with Gasteiger partial charge in [-0.15, -0.1) is 0 Å². The van der Waals surface area contributed by atoms with Crippen molar-refractivity contribution in [3.63, 3.8) is 0 Å². The number of nitrogens with zero attached hydrogens (tertiary/aromatic N) is 3. The van der Waals surface area contributed by atoms with E-state index in [1.165, 1.54) is 25.0 Å². The first-order valence-electron chi connectivity index (χ1n) is 13.4. The van der Waals surface area contributed by atoms with Crippen LogP contribution in [-0.4, -0.2) is 69.0 Å². The Balaban J connectivity index is 0.00000163. The van der Waals surface area contributed by atoms with E-state index in [9.17, 15) is 33.0 Å². The lowest BCUT2D eigenvalue weighted by Crippen LogP contribution is -2.43. The number of halogens is 3. The van der Waals surface area contributed by atoms with Crippen molar-refractivity contribution >= 4 is 33.2 Å². The number of hydrogen-bond donors (Lipinski definition) is 6. The van der Waals surface area contributed by atoms with Crippen LogP contribution in [0.25, 0.3) is 5.57 Å². The van der Waals surface area contributed by atoms with Crippen molar-refractivity contribution in [1.82, 2.24) is 14.1 Å². The van der Waals surface area contributed by atoms with Crippen molar-refractivity contribution in [2.45, 2.75) is 70.4 Å². The summed E-state index contributed by atoms with van der Waals surface area (Å²) in [5.41, 5.74) is -2.22. The van der Waals surface area contributed by atoms with Gasteiger partial charge in [-0.25, -0.2) is 14.3 Å². The fraction of sp³-hybridized carbons (Fsp3) is 0.444. The van der Waals surface area contributed by atoms with Crippen LogP contribution in [-0.2, 0) is 22.0 Å². The quantitative estimate of drug-likeness (QED) is 0.189. The maximum atomic E-state index is 13.5. The summed E-state index contributed by atoms with van der Waals surface area (Å²) in [6.07, 6.45) is 1.90. The molecule has 0 amide bonds. The summed E-state index contributed by atoms with van der Waals surface area (Å²) in [6, 6.07) is 3.31. The Morgan fingerprint density at radius 1 is 1.09 bits per heavy atom. The summed E-state index contributed by atoms with van der Waals surface area (Å²) in [5, 5.41) is 29.6. The van der Waals surface area contributed by atoms with E-state index in [1.54, 1.807) is 12.2 Å². The van der Waals surface area contributed by atoms with Gasteiger partial charge < -0.3 is 34.7 Å². The molecule has 1 aliphatic carbocycles. The maximum Gasteiger partial charge on any atom is 0.433 e. The lowest BCUT2D eigenvalue weighted by molar-refractivity contribution is -0.141. The van der Waals surface area contributed by atoms with E-state index in [-0.39, 0.29) is 24.3 Å². The summed E-state index contributed by atoms with van der Waals surface area (Å²) in [4.78, 5) is 50.0. The molecule has 1 fully saturated rings. The Kier molecular flexibility index (Phi) is 21.7. The van der Waals surface area contributed by atoms with Gasteiger partial charge in [-0.2, -0.15) is 13.2 Å². The largest absolute Gasteiger partial charge is 0.433 e. The standard InChI is InChI=1S/C23H24F3N3O6.C4H8.HO2P.2H3OP/c24-23(25,26)17-11-14(13-4-2-1-3-5-13)10-15(27-17)12-29-18(31)6-8-28(22(29)34)21-20(33)19(32)16(35-21)7-9-30;1-3-4-2;1-3-2;2*1-2/h2,4-6,8,10-11,16,19-21,30,32-33H,1,3,7,9,12H2;3-4H,1-2H3;(H,1,2);2*1H,2H2/b;4-3-;;;. The molecule has 2 aliphatic rings. The molecule has 1 saturated heterocycles. The summed E-state index contributed by atoms with van der Waals surface area (Å²) in [6.45, 7) is 3.11. The van der Waals surface area contributed by atoms with Gasteiger partial charge in [-0.05, 0) is 75.3 Å². The second-order valence-electron chi connectivity index (χ2n) is 9.11. The number of allylic oxidation sites excluding steroid dienone is 6. The van der Waals surface area contributed by atoms with Crippen LogP contribution < -0.4 is 11.2 Å². The average Bonchev–Trinajstić information content (AvgIpc) is 3.34. The smallest absolute Gasteiger partial charge is 0.396 e. The number of pyridine rings is 1. The maximum absolute atomic E-state index is 13.5. The second kappa shape index (κ2) is 22.9. The third-order valence-corrected chi connectivity index (χ3v) is 6.27. The molecule has 6 N–H and O–H groups in total. The van der Waals surface area contributed by atoms with E-state index in [1.807, 2.05) is 32.1 Å². The van der Waals surface area contributed by atoms with Crippen molar-refractivity contribution in [2.75, 3.05) is 6.61 Å². The Hall–Kier alpha value is -2.48. The molecule has 4 rings (SSSR count). The van der Waals surface area contributed by atoms with Crippen LogP contribution in [0.3, 0.4) is 0 Å². The first-order chi connectivity index (χ1) is 21.9. The Morgan fingerprint density at radius 3 is 2.20 bits per heavy atom. The van der Waals surface area contributed by atoms with Crippen molar-refractivity contribution in [3.05, 3.63) is 92.6 Å². The number of ether oxygens (including phenoxy) is 1. The van der Waals surface area contributed by atoms with Gasteiger partial charge >= 0.3 is 20.6 Å². The van der Waals surface area contributed by atoms with E-state index in [0.29, 0.717) is 16.6 Å². The van der Waals surface area contributed by atoms with E-state index >= 15 is 0 Å². The van der Waals surface area contributed by atoms with E-state index < -0.39 is 62.9 Å². The zero-order valence-electron chi connectivity index (χ0n) is 24.9. The van der Waals surface area contributed by atoms with E-state index in [0.717, 1.165) is 29.3 Å². The minimum Gasteiger partial charge on any atom is -0.396 e. The molecular formula is C27H39F3N3O10P3. The Labute approximate surface area is 269 Å². The number of hydrogen-bond acceptors (Lipinski definition) is 10. The molecule has 19 heteroatoms. The summed E-state index contributed by atoms with van der Waals surface area (Å²) < 4.78 is 56.1. The van der Waals surface area contributed by atoms with Gasteiger partial charge in [0.05, 0.1) is 18.3 Å². The first kappa shape index (κ1) is 43.5. The molecule has 6 atom stereocenters.